The number of morpholine rings is 1. The first-order valence-corrected chi connectivity index (χ1v) is 9.12. The van der Waals surface area contributed by atoms with Crippen molar-refractivity contribution >= 4 is 28.2 Å². The number of nitrogens with zero attached hydrogens (tertiary/aromatic N) is 4. The van der Waals surface area contributed by atoms with E-state index in [2.05, 4.69) is 32.4 Å². The highest BCUT2D eigenvalue weighted by Crippen LogP contribution is 2.35. The van der Waals surface area contributed by atoms with E-state index in [1.54, 1.807) is 24.5 Å². The van der Waals surface area contributed by atoms with Gasteiger partial charge in [0.1, 0.15) is 11.4 Å². The number of nitrogens with one attached hydrogen (secondary N) is 1. The number of benzene rings is 1. The molecule has 1 fully saturated rings. The van der Waals surface area contributed by atoms with Gasteiger partial charge in [-0.15, -0.1) is 10.2 Å². The lowest BCUT2D eigenvalue weighted by atomic mass is 10.1. The van der Waals surface area contributed by atoms with E-state index in [9.17, 15) is 5.11 Å². The maximum atomic E-state index is 10.3. The van der Waals surface area contributed by atoms with E-state index < -0.39 is 0 Å². The van der Waals surface area contributed by atoms with Crippen LogP contribution in [0.25, 0.3) is 22.0 Å². The molecule has 1 aromatic carbocycles. The molecule has 3 heterocycles. The number of aromatic hydroxyl groups is 1. The van der Waals surface area contributed by atoms with Gasteiger partial charge in [-0.05, 0) is 31.3 Å². The van der Waals surface area contributed by atoms with Crippen LogP contribution >= 0.6 is 11.6 Å². The van der Waals surface area contributed by atoms with Gasteiger partial charge in [0.15, 0.2) is 5.82 Å². The molecular formula is C19H20ClN5O2. The van der Waals surface area contributed by atoms with Crippen molar-refractivity contribution in [2.24, 2.45) is 0 Å². The number of hydrogen-bond acceptors (Lipinski definition) is 7. The molecule has 3 aromatic rings. The van der Waals surface area contributed by atoms with Crippen molar-refractivity contribution in [3.8, 4) is 17.0 Å². The first-order valence-electron chi connectivity index (χ1n) is 8.74. The number of aromatic nitrogens is 3. The Morgan fingerprint density at radius 2 is 2.19 bits per heavy atom. The number of hydrogen-bond donors (Lipinski definition) is 2. The molecule has 1 saturated heterocycles. The van der Waals surface area contributed by atoms with Crippen molar-refractivity contribution in [2.45, 2.75) is 6.04 Å². The van der Waals surface area contributed by atoms with E-state index in [1.165, 1.54) is 6.07 Å². The molecular weight excluding hydrogens is 366 g/mol. The summed E-state index contributed by atoms with van der Waals surface area (Å²) in [5, 5.41) is 24.5. The van der Waals surface area contributed by atoms with Crippen LogP contribution in [0.2, 0.25) is 5.02 Å². The number of rotatable bonds is 4. The molecule has 8 heteroatoms. The first kappa shape index (κ1) is 17.9. The number of anilines is 1. The van der Waals surface area contributed by atoms with Crippen LogP contribution in [0.1, 0.15) is 0 Å². The van der Waals surface area contributed by atoms with Gasteiger partial charge >= 0.3 is 0 Å². The molecule has 0 unspecified atom stereocenters. The van der Waals surface area contributed by atoms with Gasteiger partial charge in [0.2, 0.25) is 0 Å². The summed E-state index contributed by atoms with van der Waals surface area (Å²) in [6, 6.07) is 7.09. The fourth-order valence-corrected chi connectivity index (χ4v) is 3.37. The van der Waals surface area contributed by atoms with Crippen molar-refractivity contribution in [1.82, 2.24) is 20.1 Å². The average Bonchev–Trinajstić information content (AvgIpc) is 2.68. The van der Waals surface area contributed by atoms with Crippen LogP contribution in [0.3, 0.4) is 0 Å². The predicted molar refractivity (Wildman–Crippen MR) is 105 cm³/mol. The van der Waals surface area contributed by atoms with E-state index >= 15 is 0 Å². The normalized spacial score (nSPS) is 17.9. The zero-order valence-electron chi connectivity index (χ0n) is 14.9. The number of halogens is 1. The predicted octanol–water partition coefficient (Wildman–Crippen LogP) is 2.79. The molecule has 0 amide bonds. The fourth-order valence-electron chi connectivity index (χ4n) is 3.20. The van der Waals surface area contributed by atoms with Crippen molar-refractivity contribution in [3.63, 3.8) is 0 Å². The molecule has 0 aliphatic carbocycles. The summed E-state index contributed by atoms with van der Waals surface area (Å²) >= 11 is 5.94. The highest BCUT2D eigenvalue weighted by molar-refractivity contribution is 6.30. The van der Waals surface area contributed by atoms with E-state index in [1.807, 2.05) is 6.07 Å². The smallest absolute Gasteiger partial charge is 0.158 e. The summed E-state index contributed by atoms with van der Waals surface area (Å²) in [6.45, 7) is 3.05. The zero-order valence-corrected chi connectivity index (χ0v) is 15.6. The molecule has 0 saturated carbocycles. The highest BCUT2D eigenvalue weighted by atomic mass is 35.5. The lowest BCUT2D eigenvalue weighted by molar-refractivity contribution is 0.0109. The first-order chi connectivity index (χ1) is 13.1. The van der Waals surface area contributed by atoms with Crippen LogP contribution in [0.15, 0.2) is 36.7 Å². The van der Waals surface area contributed by atoms with Crippen molar-refractivity contribution in [3.05, 3.63) is 41.7 Å². The Kier molecular flexibility index (Phi) is 5.07. The molecule has 1 aliphatic rings. The monoisotopic (exact) mass is 385 g/mol. The van der Waals surface area contributed by atoms with Crippen LogP contribution in [0.4, 0.5) is 5.82 Å². The van der Waals surface area contributed by atoms with Crippen LogP contribution in [0.5, 0.6) is 5.75 Å². The number of phenols is 1. The summed E-state index contributed by atoms with van der Waals surface area (Å²) < 4.78 is 5.56. The van der Waals surface area contributed by atoms with Crippen molar-refractivity contribution in [2.75, 3.05) is 38.7 Å². The SMILES string of the molecule is CN1CCOC[C@H]1CNc1nnc(-c2ccc(Cl)cc2O)c2ccncc12. The minimum Gasteiger partial charge on any atom is -0.507 e. The van der Waals surface area contributed by atoms with Gasteiger partial charge < -0.3 is 15.2 Å². The van der Waals surface area contributed by atoms with E-state index in [-0.39, 0.29) is 11.8 Å². The van der Waals surface area contributed by atoms with Crippen molar-refractivity contribution in [1.29, 1.82) is 0 Å². The van der Waals surface area contributed by atoms with Crippen LogP contribution in [0, 0.1) is 0 Å². The minimum atomic E-state index is 0.0663. The number of phenolic OH excluding ortho intramolecular Hbond substituents is 1. The van der Waals surface area contributed by atoms with Crippen LogP contribution < -0.4 is 5.32 Å². The average molecular weight is 386 g/mol. The summed E-state index contributed by atoms with van der Waals surface area (Å²) in [7, 11) is 2.09. The molecule has 1 atom stereocenters. The topological polar surface area (TPSA) is 83.4 Å². The lowest BCUT2D eigenvalue weighted by Gasteiger charge is -2.32. The Balaban J connectivity index is 1.68. The van der Waals surface area contributed by atoms with E-state index in [4.69, 9.17) is 16.3 Å². The molecule has 4 rings (SSSR count). The molecule has 0 radical (unpaired) electrons. The molecule has 2 N–H and O–H groups in total. The fraction of sp³-hybridized carbons (Fsp3) is 0.316. The number of pyridine rings is 1. The number of likely N-dealkylation sites (N-methyl/N-ethyl adjacent to an activating group) is 1. The summed E-state index contributed by atoms with van der Waals surface area (Å²) in [4.78, 5) is 6.50. The molecule has 27 heavy (non-hydrogen) atoms. The Morgan fingerprint density at radius 3 is 3.00 bits per heavy atom. The third-order valence-electron chi connectivity index (χ3n) is 4.82. The van der Waals surface area contributed by atoms with Crippen LogP contribution in [-0.4, -0.2) is 64.6 Å². The summed E-state index contributed by atoms with van der Waals surface area (Å²) in [5.74, 6) is 0.728. The Labute approximate surface area is 162 Å². The van der Waals surface area contributed by atoms with Gasteiger partial charge in [0.25, 0.3) is 0 Å². The molecule has 1 aliphatic heterocycles. The van der Waals surface area contributed by atoms with Gasteiger partial charge in [0, 0.05) is 46.8 Å². The molecule has 140 valence electrons. The van der Waals surface area contributed by atoms with Gasteiger partial charge in [-0.2, -0.15) is 0 Å². The second kappa shape index (κ2) is 7.64. The van der Waals surface area contributed by atoms with Crippen molar-refractivity contribution < 1.29 is 9.84 Å². The quantitative estimate of drug-likeness (QED) is 0.714. The maximum Gasteiger partial charge on any atom is 0.158 e. The summed E-state index contributed by atoms with van der Waals surface area (Å²) in [6.07, 6.45) is 3.46. The largest absolute Gasteiger partial charge is 0.507 e. The Morgan fingerprint density at radius 1 is 1.30 bits per heavy atom. The minimum absolute atomic E-state index is 0.0663. The highest BCUT2D eigenvalue weighted by Gasteiger charge is 2.20. The lowest BCUT2D eigenvalue weighted by Crippen LogP contribution is -2.46. The van der Waals surface area contributed by atoms with Gasteiger partial charge in [0.05, 0.1) is 19.3 Å². The number of fused-ring (bicyclic) bond motifs is 1. The van der Waals surface area contributed by atoms with Gasteiger partial charge in [-0.3, -0.25) is 9.88 Å². The van der Waals surface area contributed by atoms with Crippen LogP contribution in [-0.2, 0) is 4.74 Å². The second-order valence-corrected chi connectivity index (χ2v) is 7.01. The molecule has 2 aromatic heterocycles. The maximum absolute atomic E-state index is 10.3. The van der Waals surface area contributed by atoms with E-state index in [0.29, 0.717) is 35.2 Å². The zero-order chi connectivity index (χ0) is 18.8. The second-order valence-electron chi connectivity index (χ2n) is 6.57. The molecule has 0 spiro atoms. The van der Waals surface area contributed by atoms with Gasteiger partial charge in [-0.1, -0.05) is 11.6 Å². The molecule has 0 bridgehead atoms. The standard InChI is InChI=1S/C19H20ClN5O2/c1-25-6-7-27-11-13(25)9-22-19-16-10-21-5-4-14(16)18(23-24-19)15-3-2-12(20)8-17(15)26/h2-5,8,10,13,26H,6-7,9,11H2,1H3,(H,22,24)/t13-/m1/s1. The van der Waals surface area contributed by atoms with E-state index in [0.717, 1.165) is 23.9 Å². The number of ether oxygens (including phenoxy) is 1. The Hall–Kier alpha value is -2.48. The third kappa shape index (κ3) is 3.66. The molecule has 7 nitrogen and oxygen atoms in total. The third-order valence-corrected chi connectivity index (χ3v) is 5.06. The van der Waals surface area contributed by atoms with Gasteiger partial charge in [-0.25, -0.2) is 0 Å². The summed E-state index contributed by atoms with van der Waals surface area (Å²) in [5.41, 5.74) is 1.17. The Bertz CT molecular complexity index is 968.